The lowest BCUT2D eigenvalue weighted by atomic mass is 10.2. The number of ether oxygens (including phenoxy) is 3. The fraction of sp³-hybridized carbons (Fsp3) is 0.391. The van der Waals surface area contributed by atoms with Crippen molar-refractivity contribution in [2.75, 3.05) is 33.5 Å². The van der Waals surface area contributed by atoms with Crippen LogP contribution in [0, 0.1) is 11.3 Å². The molecule has 2 aromatic carbocycles. The summed E-state index contributed by atoms with van der Waals surface area (Å²) in [5.41, 5.74) is 2.14. The lowest BCUT2D eigenvalue weighted by molar-refractivity contribution is 0.145. The maximum Gasteiger partial charge on any atom is 0.191 e. The molecule has 0 aliphatic carbocycles. The van der Waals surface area contributed by atoms with E-state index < -0.39 is 0 Å². The third-order valence-corrected chi connectivity index (χ3v) is 4.20. The van der Waals surface area contributed by atoms with Crippen molar-refractivity contribution in [3.05, 3.63) is 59.7 Å². The van der Waals surface area contributed by atoms with Gasteiger partial charge >= 0.3 is 0 Å². The van der Waals surface area contributed by atoms with E-state index in [2.05, 4.69) is 10.6 Å². The molecule has 2 N–H and O–H groups in total. The number of rotatable bonds is 12. The Hall–Kier alpha value is -3.24. The number of hydrogen-bond acceptors (Lipinski definition) is 5. The molecule has 0 aliphatic rings. The van der Waals surface area contributed by atoms with Gasteiger partial charge in [0.1, 0.15) is 17.6 Å². The molecule has 0 saturated heterocycles. The number of nitriles is 1. The summed E-state index contributed by atoms with van der Waals surface area (Å²) in [6, 6.07) is 17.5. The van der Waals surface area contributed by atoms with E-state index in [9.17, 15) is 0 Å². The molecule has 160 valence electrons. The van der Waals surface area contributed by atoms with Gasteiger partial charge in [0.05, 0.1) is 13.7 Å². The van der Waals surface area contributed by atoms with Crippen LogP contribution < -0.4 is 20.1 Å². The molecule has 0 heterocycles. The Morgan fingerprint density at radius 2 is 1.90 bits per heavy atom. The highest BCUT2D eigenvalue weighted by molar-refractivity contribution is 5.79. The quantitative estimate of drug-likeness (QED) is 0.317. The average Bonchev–Trinajstić information content (AvgIpc) is 2.79. The summed E-state index contributed by atoms with van der Waals surface area (Å²) >= 11 is 0. The van der Waals surface area contributed by atoms with Crippen molar-refractivity contribution in [3.8, 4) is 17.6 Å². The van der Waals surface area contributed by atoms with Gasteiger partial charge in [0.15, 0.2) is 12.6 Å². The molecule has 0 aliphatic heterocycles. The first-order valence-electron chi connectivity index (χ1n) is 10.1. The smallest absolute Gasteiger partial charge is 0.191 e. The van der Waals surface area contributed by atoms with Gasteiger partial charge in [-0.3, -0.25) is 0 Å². The number of hydrogen-bond donors (Lipinski definition) is 2. The summed E-state index contributed by atoms with van der Waals surface area (Å²) < 4.78 is 16.0. The molecule has 0 unspecified atom stereocenters. The summed E-state index contributed by atoms with van der Waals surface area (Å²) in [5, 5.41) is 15.4. The predicted molar refractivity (Wildman–Crippen MR) is 118 cm³/mol. The van der Waals surface area contributed by atoms with Crippen LogP contribution >= 0.6 is 0 Å². The van der Waals surface area contributed by atoms with Crippen molar-refractivity contribution in [3.63, 3.8) is 0 Å². The molecule has 0 fully saturated rings. The van der Waals surface area contributed by atoms with E-state index >= 15 is 0 Å². The second kappa shape index (κ2) is 13.9. The molecule has 2 aromatic rings. The van der Waals surface area contributed by atoms with E-state index in [0.717, 1.165) is 42.4 Å². The Labute approximate surface area is 178 Å². The van der Waals surface area contributed by atoms with E-state index in [1.54, 1.807) is 7.11 Å². The average molecular weight is 411 g/mol. The molecular formula is C23H30N4O3. The van der Waals surface area contributed by atoms with Gasteiger partial charge in [-0.1, -0.05) is 24.3 Å². The van der Waals surface area contributed by atoms with Gasteiger partial charge in [0.25, 0.3) is 0 Å². The van der Waals surface area contributed by atoms with Gasteiger partial charge in [-0.25, -0.2) is 4.99 Å². The van der Waals surface area contributed by atoms with Crippen LogP contribution in [-0.2, 0) is 17.8 Å². The molecule has 0 bridgehead atoms. The molecule has 30 heavy (non-hydrogen) atoms. The van der Waals surface area contributed by atoms with Crippen LogP contribution in [0.3, 0.4) is 0 Å². The zero-order valence-corrected chi connectivity index (χ0v) is 17.7. The summed E-state index contributed by atoms with van der Waals surface area (Å²) in [5.74, 6) is 2.23. The fourth-order valence-electron chi connectivity index (χ4n) is 2.65. The highest BCUT2D eigenvalue weighted by atomic mass is 16.5. The Morgan fingerprint density at radius 1 is 1.07 bits per heavy atom. The first-order valence-corrected chi connectivity index (χ1v) is 10.1. The Balaban J connectivity index is 1.97. The molecule has 0 spiro atoms. The molecule has 7 heteroatoms. The van der Waals surface area contributed by atoms with Crippen LogP contribution in [0.2, 0.25) is 0 Å². The number of aliphatic imine (C=N–C) groups is 1. The van der Waals surface area contributed by atoms with Crippen molar-refractivity contribution in [2.45, 2.75) is 26.4 Å². The number of benzene rings is 2. The second-order valence-electron chi connectivity index (χ2n) is 6.44. The van der Waals surface area contributed by atoms with Gasteiger partial charge in [-0.05, 0) is 48.7 Å². The largest absolute Gasteiger partial charge is 0.497 e. The maximum atomic E-state index is 8.66. The van der Waals surface area contributed by atoms with Crippen LogP contribution in [0.1, 0.15) is 24.5 Å². The molecule has 0 radical (unpaired) electrons. The molecule has 0 aromatic heterocycles. The number of guanidine groups is 1. The third kappa shape index (κ3) is 8.84. The summed E-state index contributed by atoms with van der Waals surface area (Å²) in [6.45, 7) is 5.36. The first kappa shape index (κ1) is 23.0. The van der Waals surface area contributed by atoms with Crippen molar-refractivity contribution in [2.24, 2.45) is 4.99 Å². The van der Waals surface area contributed by atoms with Crippen LogP contribution in [0.15, 0.2) is 53.5 Å². The SMILES string of the molecule is CCOCCCNC(=NCc1cccc(OCC#N)c1)NCc1ccc(OC)cc1. The Morgan fingerprint density at radius 3 is 2.63 bits per heavy atom. The minimum atomic E-state index is 0.0305. The van der Waals surface area contributed by atoms with Gasteiger partial charge in [-0.15, -0.1) is 0 Å². The van der Waals surface area contributed by atoms with Gasteiger partial charge in [0.2, 0.25) is 0 Å². The van der Waals surface area contributed by atoms with Crippen molar-refractivity contribution in [1.82, 2.24) is 10.6 Å². The molecule has 0 amide bonds. The zero-order chi connectivity index (χ0) is 21.4. The van der Waals surface area contributed by atoms with Crippen molar-refractivity contribution >= 4 is 5.96 Å². The highest BCUT2D eigenvalue weighted by Crippen LogP contribution is 2.14. The number of methoxy groups -OCH3 is 1. The van der Waals surface area contributed by atoms with E-state index in [0.29, 0.717) is 25.4 Å². The van der Waals surface area contributed by atoms with Crippen LogP contribution in [0.4, 0.5) is 0 Å². The van der Waals surface area contributed by atoms with Crippen molar-refractivity contribution in [1.29, 1.82) is 5.26 Å². The summed E-state index contributed by atoms with van der Waals surface area (Å²) in [6.07, 6.45) is 0.897. The van der Waals surface area contributed by atoms with E-state index in [4.69, 9.17) is 24.5 Å². The maximum absolute atomic E-state index is 8.66. The Kier molecular flexibility index (Phi) is 10.6. The third-order valence-electron chi connectivity index (χ3n) is 4.20. The lowest BCUT2D eigenvalue weighted by Gasteiger charge is -2.13. The molecule has 0 atom stereocenters. The second-order valence-corrected chi connectivity index (χ2v) is 6.44. The normalized spacial score (nSPS) is 10.9. The zero-order valence-electron chi connectivity index (χ0n) is 17.7. The van der Waals surface area contributed by atoms with Crippen LogP contribution in [0.25, 0.3) is 0 Å². The predicted octanol–water partition coefficient (Wildman–Crippen LogP) is 3.26. The molecule has 7 nitrogen and oxygen atoms in total. The number of nitrogens with one attached hydrogen (secondary N) is 2. The minimum Gasteiger partial charge on any atom is -0.497 e. The summed E-state index contributed by atoms with van der Waals surface area (Å²) in [7, 11) is 1.66. The minimum absolute atomic E-state index is 0.0305. The fourth-order valence-corrected chi connectivity index (χ4v) is 2.65. The molecular weight excluding hydrogens is 380 g/mol. The summed E-state index contributed by atoms with van der Waals surface area (Å²) in [4.78, 5) is 4.69. The van der Waals surface area contributed by atoms with Crippen molar-refractivity contribution < 1.29 is 14.2 Å². The van der Waals surface area contributed by atoms with Gasteiger partial charge < -0.3 is 24.8 Å². The van der Waals surface area contributed by atoms with Crippen LogP contribution in [0.5, 0.6) is 11.5 Å². The molecule has 2 rings (SSSR count). The lowest BCUT2D eigenvalue weighted by Crippen LogP contribution is -2.37. The van der Waals surface area contributed by atoms with E-state index in [1.165, 1.54) is 0 Å². The van der Waals surface area contributed by atoms with E-state index in [-0.39, 0.29) is 6.61 Å². The highest BCUT2D eigenvalue weighted by Gasteiger charge is 2.02. The number of nitrogens with zero attached hydrogens (tertiary/aromatic N) is 2. The standard InChI is InChI=1S/C23H30N4O3/c1-3-29-14-5-13-25-23(26-17-19-8-10-21(28-2)11-9-19)27-18-20-6-4-7-22(16-20)30-15-12-24/h4,6-11,16H,3,5,13-15,17-18H2,1-2H3,(H2,25,26,27). The topological polar surface area (TPSA) is 87.9 Å². The van der Waals surface area contributed by atoms with Gasteiger partial charge in [0, 0.05) is 26.3 Å². The first-order chi connectivity index (χ1) is 14.7. The monoisotopic (exact) mass is 410 g/mol. The Bertz CT molecular complexity index is 816. The van der Waals surface area contributed by atoms with E-state index in [1.807, 2.05) is 61.5 Å². The molecule has 0 saturated carbocycles. The van der Waals surface area contributed by atoms with Gasteiger partial charge in [-0.2, -0.15) is 5.26 Å². The van der Waals surface area contributed by atoms with Crippen LogP contribution in [-0.4, -0.2) is 39.4 Å².